The summed E-state index contributed by atoms with van der Waals surface area (Å²) in [5, 5.41) is 10.8. The molecule has 1 aliphatic rings. The Hall–Kier alpha value is -1.11. The van der Waals surface area contributed by atoms with Crippen LogP contribution in [0.25, 0.3) is 5.57 Å². The second-order valence-electron chi connectivity index (χ2n) is 4.02. The number of thiophene rings is 1. The Kier molecular flexibility index (Phi) is 4.79. The molecule has 1 aromatic rings. The number of hydrogen-bond donors (Lipinski definition) is 1. The number of hydrogen-bond acceptors (Lipinski definition) is 5. The first kappa shape index (κ1) is 14.3. The average molecular weight is 297 g/mol. The van der Waals surface area contributed by atoms with Gasteiger partial charge in [0.1, 0.15) is 0 Å². The second kappa shape index (κ2) is 6.36. The summed E-state index contributed by atoms with van der Waals surface area (Å²) in [5.41, 5.74) is 0.493. The van der Waals surface area contributed by atoms with Crippen LogP contribution in [0.5, 0.6) is 0 Å². The highest BCUT2D eigenvalue weighted by Crippen LogP contribution is 2.37. The van der Waals surface area contributed by atoms with Crippen LogP contribution in [-0.2, 0) is 9.59 Å². The van der Waals surface area contributed by atoms with Crippen molar-refractivity contribution in [2.45, 2.75) is 13.3 Å². The van der Waals surface area contributed by atoms with Crippen molar-refractivity contribution >= 4 is 40.5 Å². The summed E-state index contributed by atoms with van der Waals surface area (Å²) < 4.78 is 0. The summed E-state index contributed by atoms with van der Waals surface area (Å²) in [5.74, 6) is -0.0214. The molecule has 6 heteroatoms. The Balaban J connectivity index is 2.38. The van der Waals surface area contributed by atoms with Gasteiger partial charge < -0.3 is 5.11 Å². The number of aliphatic hydroxyl groups is 1. The fourth-order valence-electron chi connectivity index (χ4n) is 1.90. The minimum Gasteiger partial charge on any atom is -0.396 e. The predicted molar refractivity (Wildman–Crippen MR) is 77.8 cm³/mol. The summed E-state index contributed by atoms with van der Waals surface area (Å²) in [4.78, 5) is 27.2. The van der Waals surface area contributed by atoms with Crippen LogP contribution in [0.3, 0.4) is 0 Å². The molecule has 1 aromatic heterocycles. The van der Waals surface area contributed by atoms with Gasteiger partial charge in [0.2, 0.25) is 0 Å². The molecule has 2 rings (SSSR count). The van der Waals surface area contributed by atoms with Crippen molar-refractivity contribution in [2.75, 3.05) is 18.9 Å². The molecule has 0 saturated carbocycles. The first-order valence-corrected chi connectivity index (χ1v) is 7.95. The van der Waals surface area contributed by atoms with E-state index in [4.69, 9.17) is 5.11 Å². The molecule has 1 N–H and O–H groups in total. The Morgan fingerprint density at radius 1 is 1.37 bits per heavy atom. The third-order valence-corrected chi connectivity index (χ3v) is 4.62. The largest absolute Gasteiger partial charge is 0.396 e. The first-order valence-electron chi connectivity index (χ1n) is 6.08. The van der Waals surface area contributed by atoms with Crippen molar-refractivity contribution < 1.29 is 14.7 Å². The highest BCUT2D eigenvalue weighted by atomic mass is 32.2. The molecule has 0 fully saturated rings. The predicted octanol–water partition coefficient (Wildman–Crippen LogP) is 1.96. The summed E-state index contributed by atoms with van der Waals surface area (Å²) in [6.07, 6.45) is 0.743. The molecule has 0 radical (unpaired) electrons. The first-order chi connectivity index (χ1) is 9.20. The Morgan fingerprint density at radius 2 is 2.16 bits per heavy atom. The molecule has 102 valence electrons. The van der Waals surface area contributed by atoms with Gasteiger partial charge in [0.15, 0.2) is 0 Å². The van der Waals surface area contributed by atoms with Gasteiger partial charge in [-0.3, -0.25) is 14.5 Å². The second-order valence-corrected chi connectivity index (χ2v) is 6.07. The van der Waals surface area contributed by atoms with Crippen LogP contribution < -0.4 is 0 Å². The molecule has 0 atom stereocenters. The van der Waals surface area contributed by atoms with Crippen LogP contribution in [0.2, 0.25) is 0 Å². The maximum Gasteiger partial charge on any atom is 0.268 e. The molecular formula is C13H15NO3S2. The zero-order valence-corrected chi connectivity index (χ0v) is 12.2. The number of imide groups is 1. The molecule has 0 aromatic carbocycles. The number of nitrogens with zero attached hydrogens (tertiary/aromatic N) is 1. The summed E-state index contributed by atoms with van der Waals surface area (Å²) >= 11 is 2.71. The summed E-state index contributed by atoms with van der Waals surface area (Å²) in [6, 6.07) is 3.71. The Morgan fingerprint density at radius 3 is 2.74 bits per heavy atom. The van der Waals surface area contributed by atoms with Crippen molar-refractivity contribution in [1.82, 2.24) is 4.90 Å². The van der Waals surface area contributed by atoms with Crippen LogP contribution in [0, 0.1) is 0 Å². The Bertz CT molecular complexity index is 508. The van der Waals surface area contributed by atoms with E-state index in [0.717, 1.165) is 11.3 Å². The van der Waals surface area contributed by atoms with Gasteiger partial charge in [-0.25, -0.2) is 0 Å². The fraction of sp³-hybridized carbons (Fsp3) is 0.385. The van der Waals surface area contributed by atoms with Gasteiger partial charge in [-0.2, -0.15) is 0 Å². The van der Waals surface area contributed by atoms with Crippen molar-refractivity contribution in [3.63, 3.8) is 0 Å². The van der Waals surface area contributed by atoms with Crippen LogP contribution in [0.15, 0.2) is 22.4 Å². The van der Waals surface area contributed by atoms with Gasteiger partial charge in [0.05, 0.1) is 17.1 Å². The highest BCUT2D eigenvalue weighted by Gasteiger charge is 2.38. The van der Waals surface area contributed by atoms with Crippen molar-refractivity contribution in [3.8, 4) is 0 Å². The standard InChI is InChI=1S/C13H15NO3S2/c1-2-5-14-12(16)10(9-4-3-7-18-9)11(13(14)17)19-8-6-15/h3-4,7,15H,2,5-6,8H2,1H3. The zero-order chi connectivity index (χ0) is 13.8. The number of aliphatic hydroxyl groups excluding tert-OH is 1. The van der Waals surface area contributed by atoms with E-state index in [1.165, 1.54) is 28.0 Å². The van der Waals surface area contributed by atoms with Crippen LogP contribution in [0.4, 0.5) is 0 Å². The molecule has 0 unspecified atom stereocenters. The monoisotopic (exact) mass is 297 g/mol. The average Bonchev–Trinajstić information content (AvgIpc) is 2.99. The quantitative estimate of drug-likeness (QED) is 0.816. The minimum absolute atomic E-state index is 0.0128. The van der Waals surface area contributed by atoms with E-state index in [-0.39, 0.29) is 18.4 Å². The summed E-state index contributed by atoms with van der Waals surface area (Å²) in [7, 11) is 0. The van der Waals surface area contributed by atoms with E-state index in [2.05, 4.69) is 0 Å². The zero-order valence-electron chi connectivity index (χ0n) is 10.6. The SMILES string of the molecule is CCCN1C(=O)C(SCCO)=C(c2cccs2)C1=O. The molecule has 0 aliphatic carbocycles. The van der Waals surface area contributed by atoms with Gasteiger partial charge in [-0.05, 0) is 17.9 Å². The van der Waals surface area contributed by atoms with Crippen molar-refractivity contribution in [1.29, 1.82) is 0 Å². The van der Waals surface area contributed by atoms with E-state index in [1.54, 1.807) is 0 Å². The smallest absolute Gasteiger partial charge is 0.268 e. The van der Waals surface area contributed by atoms with Gasteiger partial charge in [0.25, 0.3) is 11.8 Å². The third kappa shape index (κ3) is 2.75. The van der Waals surface area contributed by atoms with Crippen LogP contribution in [0.1, 0.15) is 18.2 Å². The number of amides is 2. The van der Waals surface area contributed by atoms with Crippen molar-refractivity contribution in [2.24, 2.45) is 0 Å². The molecule has 2 heterocycles. The fourth-order valence-corrected chi connectivity index (χ4v) is 3.60. The lowest BCUT2D eigenvalue weighted by atomic mass is 10.2. The topological polar surface area (TPSA) is 57.6 Å². The minimum atomic E-state index is -0.228. The lowest BCUT2D eigenvalue weighted by Gasteiger charge is -2.13. The van der Waals surface area contributed by atoms with E-state index in [9.17, 15) is 9.59 Å². The molecular weight excluding hydrogens is 282 g/mol. The number of thioether (sulfide) groups is 1. The van der Waals surface area contributed by atoms with Gasteiger partial charge in [0, 0.05) is 17.2 Å². The van der Waals surface area contributed by atoms with E-state index in [0.29, 0.717) is 22.8 Å². The molecule has 2 amide bonds. The molecule has 19 heavy (non-hydrogen) atoms. The maximum atomic E-state index is 12.4. The maximum absolute atomic E-state index is 12.4. The van der Waals surface area contributed by atoms with Crippen molar-refractivity contribution in [3.05, 3.63) is 27.3 Å². The molecule has 0 spiro atoms. The van der Waals surface area contributed by atoms with Crippen LogP contribution >= 0.6 is 23.1 Å². The lowest BCUT2D eigenvalue weighted by Crippen LogP contribution is -2.32. The lowest BCUT2D eigenvalue weighted by molar-refractivity contribution is -0.136. The van der Waals surface area contributed by atoms with E-state index < -0.39 is 0 Å². The van der Waals surface area contributed by atoms with Gasteiger partial charge in [-0.1, -0.05) is 13.0 Å². The molecule has 0 saturated heterocycles. The third-order valence-electron chi connectivity index (χ3n) is 2.68. The van der Waals surface area contributed by atoms with Gasteiger partial charge >= 0.3 is 0 Å². The molecule has 0 bridgehead atoms. The summed E-state index contributed by atoms with van der Waals surface area (Å²) in [6.45, 7) is 2.36. The molecule has 1 aliphatic heterocycles. The number of carbonyl (C=O) groups excluding carboxylic acids is 2. The van der Waals surface area contributed by atoms with E-state index in [1.807, 2.05) is 24.4 Å². The van der Waals surface area contributed by atoms with Gasteiger partial charge in [-0.15, -0.1) is 23.1 Å². The molecule has 4 nitrogen and oxygen atoms in total. The number of carbonyl (C=O) groups is 2. The highest BCUT2D eigenvalue weighted by molar-refractivity contribution is 8.04. The van der Waals surface area contributed by atoms with Crippen LogP contribution in [-0.4, -0.2) is 40.7 Å². The van der Waals surface area contributed by atoms with E-state index >= 15 is 0 Å². The number of rotatable bonds is 6. The Labute approximate surface area is 120 Å². The normalized spacial score (nSPS) is 15.8.